The Morgan fingerprint density at radius 3 is 3.11 bits per heavy atom. The van der Waals surface area contributed by atoms with Gasteiger partial charge >= 0.3 is 0 Å². The molecule has 0 bridgehead atoms. The summed E-state index contributed by atoms with van der Waals surface area (Å²) in [6, 6.07) is 4.78. The molecule has 3 heteroatoms. The third kappa shape index (κ3) is 3.22. The molecule has 1 fully saturated rings. The second-order valence-corrected chi connectivity index (χ2v) is 5.93. The first-order valence-corrected chi connectivity index (χ1v) is 7.06. The zero-order chi connectivity index (χ0) is 13.0. The van der Waals surface area contributed by atoms with Crippen LogP contribution in [0.3, 0.4) is 0 Å². The van der Waals surface area contributed by atoms with Gasteiger partial charge in [0.2, 0.25) is 0 Å². The van der Waals surface area contributed by atoms with Crippen LogP contribution >= 0.6 is 0 Å². The van der Waals surface area contributed by atoms with Gasteiger partial charge < -0.3 is 11.1 Å². The minimum atomic E-state index is 0.378. The van der Waals surface area contributed by atoms with E-state index in [2.05, 4.69) is 30.2 Å². The van der Waals surface area contributed by atoms with E-state index in [0.717, 1.165) is 13.0 Å². The highest BCUT2D eigenvalue weighted by Crippen LogP contribution is 2.41. The summed E-state index contributed by atoms with van der Waals surface area (Å²) in [5, 5.41) is 3.64. The van der Waals surface area contributed by atoms with E-state index >= 15 is 0 Å². The van der Waals surface area contributed by atoms with Gasteiger partial charge in [-0.1, -0.05) is 19.9 Å². The van der Waals surface area contributed by atoms with E-state index in [0.29, 0.717) is 17.3 Å². The second-order valence-electron chi connectivity index (χ2n) is 5.93. The molecule has 0 amide bonds. The van der Waals surface area contributed by atoms with Crippen LogP contribution in [0.1, 0.15) is 45.1 Å². The Bertz CT molecular complexity index is 391. The average Bonchev–Trinajstić information content (AvgIpc) is 2.72. The van der Waals surface area contributed by atoms with Gasteiger partial charge in [0.15, 0.2) is 0 Å². The molecule has 0 aromatic carbocycles. The second kappa shape index (κ2) is 5.70. The first-order chi connectivity index (χ1) is 8.63. The van der Waals surface area contributed by atoms with E-state index in [1.807, 2.05) is 6.07 Å². The minimum Gasteiger partial charge on any atom is -0.383 e. The number of nitrogens with two attached hydrogens (primary N) is 1. The summed E-state index contributed by atoms with van der Waals surface area (Å²) in [7, 11) is 0. The number of rotatable bonds is 5. The van der Waals surface area contributed by atoms with Crippen LogP contribution in [0.5, 0.6) is 0 Å². The van der Waals surface area contributed by atoms with E-state index in [1.54, 1.807) is 6.20 Å². The molecule has 1 heterocycles. The van der Waals surface area contributed by atoms with E-state index in [-0.39, 0.29) is 0 Å². The Labute approximate surface area is 110 Å². The lowest BCUT2D eigenvalue weighted by atomic mass is 9.82. The van der Waals surface area contributed by atoms with Crippen molar-refractivity contribution >= 4 is 5.82 Å². The van der Waals surface area contributed by atoms with Crippen LogP contribution in [0.15, 0.2) is 18.3 Å². The largest absolute Gasteiger partial charge is 0.383 e. The molecule has 0 aliphatic heterocycles. The molecule has 1 aliphatic rings. The van der Waals surface area contributed by atoms with Gasteiger partial charge in [0.1, 0.15) is 5.82 Å². The summed E-state index contributed by atoms with van der Waals surface area (Å²) in [6.45, 7) is 5.74. The number of pyridine rings is 1. The number of nitrogen functional groups attached to an aromatic ring is 1. The predicted molar refractivity (Wildman–Crippen MR) is 76.4 cm³/mol. The Hall–Kier alpha value is -1.09. The molecule has 3 nitrogen and oxygen atoms in total. The Balaban J connectivity index is 1.95. The lowest BCUT2D eigenvalue weighted by molar-refractivity contribution is 0.322. The third-order valence-electron chi connectivity index (χ3n) is 4.06. The van der Waals surface area contributed by atoms with E-state index < -0.39 is 0 Å². The molecule has 2 rings (SSSR count). The number of hydrogen-bond acceptors (Lipinski definition) is 3. The van der Waals surface area contributed by atoms with Gasteiger partial charge in [0.25, 0.3) is 0 Å². The standard InChI is InChI=1S/C15H25N3/c1-3-8-17-13-6-7-15(2,11-13)10-12-5-4-9-18-14(12)16/h4-5,9,13,17H,3,6-8,10-11H2,1-2H3,(H2,16,18). The summed E-state index contributed by atoms with van der Waals surface area (Å²) in [5.74, 6) is 0.698. The quantitative estimate of drug-likeness (QED) is 0.841. The molecule has 18 heavy (non-hydrogen) atoms. The predicted octanol–water partition coefficient (Wildman–Crippen LogP) is 2.76. The van der Waals surface area contributed by atoms with Crippen molar-refractivity contribution in [1.29, 1.82) is 0 Å². The first-order valence-electron chi connectivity index (χ1n) is 7.06. The number of hydrogen-bond donors (Lipinski definition) is 2. The van der Waals surface area contributed by atoms with Gasteiger partial charge in [-0.15, -0.1) is 0 Å². The number of aromatic nitrogens is 1. The number of nitrogens with one attached hydrogen (secondary N) is 1. The zero-order valence-corrected chi connectivity index (χ0v) is 11.6. The van der Waals surface area contributed by atoms with Gasteiger partial charge in [-0.2, -0.15) is 0 Å². The van der Waals surface area contributed by atoms with Gasteiger partial charge in [-0.3, -0.25) is 0 Å². The normalized spacial score (nSPS) is 27.6. The summed E-state index contributed by atoms with van der Waals surface area (Å²) < 4.78 is 0. The SMILES string of the molecule is CCCNC1CCC(C)(Cc2cccnc2N)C1. The van der Waals surface area contributed by atoms with Crippen molar-refractivity contribution in [3.63, 3.8) is 0 Å². The van der Waals surface area contributed by atoms with Crippen molar-refractivity contribution in [3.8, 4) is 0 Å². The first kappa shape index (κ1) is 13.3. The molecule has 2 unspecified atom stereocenters. The fraction of sp³-hybridized carbons (Fsp3) is 0.667. The zero-order valence-electron chi connectivity index (χ0n) is 11.6. The van der Waals surface area contributed by atoms with Crippen molar-refractivity contribution in [2.45, 2.75) is 52.0 Å². The maximum atomic E-state index is 5.95. The Morgan fingerprint density at radius 1 is 1.56 bits per heavy atom. The molecular weight excluding hydrogens is 222 g/mol. The van der Waals surface area contributed by atoms with Crippen LogP contribution < -0.4 is 11.1 Å². The molecule has 3 N–H and O–H groups in total. The van der Waals surface area contributed by atoms with Crippen LogP contribution in [-0.4, -0.2) is 17.6 Å². The highest BCUT2D eigenvalue weighted by molar-refractivity contribution is 5.39. The third-order valence-corrected chi connectivity index (χ3v) is 4.06. The summed E-state index contributed by atoms with van der Waals surface area (Å²) in [4.78, 5) is 4.18. The van der Waals surface area contributed by atoms with Crippen LogP contribution in [0, 0.1) is 5.41 Å². The van der Waals surface area contributed by atoms with Crippen molar-refractivity contribution in [2.75, 3.05) is 12.3 Å². The number of nitrogens with zero attached hydrogens (tertiary/aromatic N) is 1. The fourth-order valence-electron chi connectivity index (χ4n) is 3.07. The van der Waals surface area contributed by atoms with Crippen LogP contribution in [-0.2, 0) is 6.42 Å². The van der Waals surface area contributed by atoms with E-state index in [1.165, 1.54) is 31.2 Å². The molecule has 0 radical (unpaired) electrons. The van der Waals surface area contributed by atoms with Crippen molar-refractivity contribution in [3.05, 3.63) is 23.9 Å². The van der Waals surface area contributed by atoms with Crippen molar-refractivity contribution < 1.29 is 0 Å². The van der Waals surface area contributed by atoms with Gasteiger partial charge in [-0.05, 0) is 55.7 Å². The molecule has 0 spiro atoms. The molecule has 100 valence electrons. The monoisotopic (exact) mass is 247 g/mol. The summed E-state index contributed by atoms with van der Waals surface area (Å²) in [5.41, 5.74) is 7.53. The van der Waals surface area contributed by atoms with Crippen molar-refractivity contribution in [2.24, 2.45) is 5.41 Å². The summed E-state index contributed by atoms with van der Waals surface area (Å²) >= 11 is 0. The molecule has 1 aromatic heterocycles. The molecule has 2 atom stereocenters. The maximum absolute atomic E-state index is 5.95. The Kier molecular flexibility index (Phi) is 4.23. The smallest absolute Gasteiger partial charge is 0.126 e. The topological polar surface area (TPSA) is 50.9 Å². The van der Waals surface area contributed by atoms with E-state index in [4.69, 9.17) is 5.73 Å². The van der Waals surface area contributed by atoms with Gasteiger partial charge in [-0.25, -0.2) is 4.98 Å². The lowest BCUT2D eigenvalue weighted by Gasteiger charge is -2.25. The van der Waals surface area contributed by atoms with Crippen molar-refractivity contribution in [1.82, 2.24) is 10.3 Å². The average molecular weight is 247 g/mol. The molecule has 1 aliphatic carbocycles. The minimum absolute atomic E-state index is 0.378. The molecule has 1 aromatic rings. The van der Waals surface area contributed by atoms with E-state index in [9.17, 15) is 0 Å². The highest BCUT2D eigenvalue weighted by atomic mass is 14.9. The molecule has 1 saturated carbocycles. The molecular formula is C15H25N3. The van der Waals surface area contributed by atoms with Gasteiger partial charge in [0.05, 0.1) is 0 Å². The fourth-order valence-corrected chi connectivity index (χ4v) is 3.07. The van der Waals surface area contributed by atoms with Crippen LogP contribution in [0.25, 0.3) is 0 Å². The highest BCUT2D eigenvalue weighted by Gasteiger charge is 2.35. The Morgan fingerprint density at radius 2 is 2.39 bits per heavy atom. The number of anilines is 1. The van der Waals surface area contributed by atoms with Crippen LogP contribution in [0.4, 0.5) is 5.82 Å². The lowest BCUT2D eigenvalue weighted by Crippen LogP contribution is -2.29. The summed E-state index contributed by atoms with van der Waals surface area (Å²) in [6.07, 6.45) is 7.85. The van der Waals surface area contributed by atoms with Crippen LogP contribution in [0.2, 0.25) is 0 Å². The molecule has 0 saturated heterocycles. The maximum Gasteiger partial charge on any atom is 0.126 e. The van der Waals surface area contributed by atoms with Gasteiger partial charge in [0, 0.05) is 12.2 Å².